The quantitative estimate of drug-likeness (QED) is 0.675. The third-order valence-electron chi connectivity index (χ3n) is 3.84. The van der Waals surface area contributed by atoms with Gasteiger partial charge in [-0.25, -0.2) is 0 Å². The maximum Gasteiger partial charge on any atom is 0.299 e. The molecule has 114 valence electrons. The normalized spacial score (nSPS) is 22.8. The van der Waals surface area contributed by atoms with Gasteiger partial charge in [0.25, 0.3) is 11.4 Å². The predicted molar refractivity (Wildman–Crippen MR) is 78.4 cm³/mol. The molecule has 0 bridgehead atoms. The molecule has 1 N–H and O–H groups in total. The van der Waals surface area contributed by atoms with Crippen LogP contribution in [0.15, 0.2) is 18.2 Å². The number of nitrogens with one attached hydrogen (secondary N) is 1. The number of nitro benzene ring substituents is 2. The lowest BCUT2D eigenvalue weighted by Gasteiger charge is -2.35. The number of hydrogen-bond acceptors (Lipinski definition) is 6. The first-order valence-corrected chi connectivity index (χ1v) is 6.76. The third kappa shape index (κ3) is 3.46. The molecule has 0 amide bonds. The van der Waals surface area contributed by atoms with Gasteiger partial charge in [-0.2, -0.15) is 0 Å². The van der Waals surface area contributed by atoms with E-state index in [0.717, 1.165) is 25.6 Å². The average molecular weight is 294 g/mol. The molecule has 0 spiro atoms. The van der Waals surface area contributed by atoms with E-state index in [0.29, 0.717) is 11.6 Å². The molecular weight excluding hydrogens is 276 g/mol. The molecule has 8 heteroatoms. The van der Waals surface area contributed by atoms with E-state index in [1.807, 2.05) is 7.05 Å². The van der Waals surface area contributed by atoms with Crippen LogP contribution in [0.4, 0.5) is 17.1 Å². The summed E-state index contributed by atoms with van der Waals surface area (Å²) in [5.74, 6) is 0.346. The largest absolute Gasteiger partial charge is 0.376 e. The van der Waals surface area contributed by atoms with Gasteiger partial charge in [-0.3, -0.25) is 20.2 Å². The lowest BCUT2D eigenvalue weighted by atomic mass is 9.94. The van der Waals surface area contributed by atoms with Gasteiger partial charge in [0.2, 0.25) is 0 Å². The van der Waals surface area contributed by atoms with Crippen molar-refractivity contribution in [1.29, 1.82) is 0 Å². The summed E-state index contributed by atoms with van der Waals surface area (Å²) in [4.78, 5) is 22.8. The Labute approximate surface area is 122 Å². The SMILES string of the molecule is CC1CN(C)CCC1Nc1ccc([N+](=O)[O-])cc1[N+](=O)[O-]. The van der Waals surface area contributed by atoms with Crippen molar-refractivity contribution >= 4 is 17.1 Å². The van der Waals surface area contributed by atoms with Gasteiger partial charge < -0.3 is 10.2 Å². The van der Waals surface area contributed by atoms with Crippen LogP contribution in [-0.4, -0.2) is 40.9 Å². The van der Waals surface area contributed by atoms with E-state index in [9.17, 15) is 20.2 Å². The Bertz CT molecular complexity index is 563. The summed E-state index contributed by atoms with van der Waals surface area (Å²) in [7, 11) is 2.04. The summed E-state index contributed by atoms with van der Waals surface area (Å²) in [6, 6.07) is 3.83. The number of benzene rings is 1. The Kier molecular flexibility index (Phi) is 4.37. The topological polar surface area (TPSA) is 102 Å². The molecular formula is C13H18N4O4. The first-order valence-electron chi connectivity index (χ1n) is 6.76. The first kappa shape index (κ1) is 15.2. The highest BCUT2D eigenvalue weighted by atomic mass is 16.6. The number of hydrogen-bond donors (Lipinski definition) is 1. The van der Waals surface area contributed by atoms with Gasteiger partial charge in [-0.15, -0.1) is 0 Å². The molecule has 2 unspecified atom stereocenters. The molecule has 1 aliphatic rings. The summed E-state index contributed by atoms with van der Waals surface area (Å²) in [6.07, 6.45) is 0.881. The fraction of sp³-hybridized carbons (Fsp3) is 0.538. The smallest absolute Gasteiger partial charge is 0.299 e. The van der Waals surface area contributed by atoms with Crippen molar-refractivity contribution in [2.45, 2.75) is 19.4 Å². The second-order valence-electron chi connectivity index (χ2n) is 5.49. The maximum absolute atomic E-state index is 11.1. The van der Waals surface area contributed by atoms with E-state index in [-0.39, 0.29) is 17.4 Å². The zero-order chi connectivity index (χ0) is 15.6. The van der Waals surface area contributed by atoms with E-state index in [4.69, 9.17) is 0 Å². The van der Waals surface area contributed by atoms with Crippen molar-refractivity contribution in [1.82, 2.24) is 4.90 Å². The average Bonchev–Trinajstić information content (AvgIpc) is 2.41. The molecule has 2 rings (SSSR count). The van der Waals surface area contributed by atoms with Crippen LogP contribution in [0.25, 0.3) is 0 Å². The monoisotopic (exact) mass is 294 g/mol. The fourth-order valence-electron chi connectivity index (χ4n) is 2.68. The summed E-state index contributed by atoms with van der Waals surface area (Å²) in [5, 5.41) is 25.0. The van der Waals surface area contributed by atoms with Crippen molar-refractivity contribution in [2.24, 2.45) is 5.92 Å². The number of nitrogens with zero attached hydrogens (tertiary/aromatic N) is 3. The van der Waals surface area contributed by atoms with Crippen LogP contribution in [0.5, 0.6) is 0 Å². The molecule has 1 fully saturated rings. The van der Waals surface area contributed by atoms with Crippen LogP contribution in [0, 0.1) is 26.1 Å². The van der Waals surface area contributed by atoms with Gasteiger partial charge in [-0.05, 0) is 32.0 Å². The zero-order valence-electron chi connectivity index (χ0n) is 12.0. The van der Waals surface area contributed by atoms with E-state index in [1.54, 1.807) is 0 Å². The van der Waals surface area contributed by atoms with E-state index in [2.05, 4.69) is 17.1 Å². The highest BCUT2D eigenvalue weighted by molar-refractivity contribution is 5.65. The van der Waals surface area contributed by atoms with E-state index < -0.39 is 9.85 Å². The minimum Gasteiger partial charge on any atom is -0.376 e. The maximum atomic E-state index is 11.1. The molecule has 21 heavy (non-hydrogen) atoms. The molecule has 0 saturated carbocycles. The molecule has 0 radical (unpaired) electrons. The zero-order valence-corrected chi connectivity index (χ0v) is 12.0. The number of non-ortho nitro benzene ring substituents is 1. The molecule has 1 aliphatic heterocycles. The van der Waals surface area contributed by atoms with Gasteiger partial charge >= 0.3 is 0 Å². The Balaban J connectivity index is 2.23. The van der Waals surface area contributed by atoms with Crippen molar-refractivity contribution in [3.05, 3.63) is 38.4 Å². The Morgan fingerprint density at radius 3 is 2.57 bits per heavy atom. The lowest BCUT2D eigenvalue weighted by Crippen LogP contribution is -2.43. The molecule has 0 aliphatic carbocycles. The van der Waals surface area contributed by atoms with Gasteiger partial charge in [-0.1, -0.05) is 6.92 Å². The second kappa shape index (κ2) is 6.04. The molecule has 1 aromatic rings. The van der Waals surface area contributed by atoms with Crippen LogP contribution in [0.2, 0.25) is 0 Å². The van der Waals surface area contributed by atoms with Crippen molar-refractivity contribution in [2.75, 3.05) is 25.5 Å². The number of rotatable bonds is 4. The van der Waals surface area contributed by atoms with Crippen LogP contribution >= 0.6 is 0 Å². The molecule has 0 aromatic heterocycles. The molecule has 1 heterocycles. The number of nitro groups is 2. The Morgan fingerprint density at radius 2 is 2.00 bits per heavy atom. The summed E-state index contributed by atoms with van der Waals surface area (Å²) < 4.78 is 0. The number of anilines is 1. The van der Waals surface area contributed by atoms with Gasteiger partial charge in [0, 0.05) is 18.7 Å². The molecule has 8 nitrogen and oxygen atoms in total. The van der Waals surface area contributed by atoms with Crippen LogP contribution < -0.4 is 5.32 Å². The summed E-state index contributed by atoms with van der Waals surface area (Å²) in [5.41, 5.74) is -0.189. The molecule has 1 aromatic carbocycles. The molecule has 2 atom stereocenters. The second-order valence-corrected chi connectivity index (χ2v) is 5.49. The fourth-order valence-corrected chi connectivity index (χ4v) is 2.68. The third-order valence-corrected chi connectivity index (χ3v) is 3.84. The van der Waals surface area contributed by atoms with Gasteiger partial charge in [0.05, 0.1) is 15.9 Å². The van der Waals surface area contributed by atoms with Crippen molar-refractivity contribution < 1.29 is 9.85 Å². The van der Waals surface area contributed by atoms with Crippen LogP contribution in [-0.2, 0) is 0 Å². The van der Waals surface area contributed by atoms with Crippen LogP contribution in [0.3, 0.4) is 0 Å². The highest BCUT2D eigenvalue weighted by Gasteiger charge is 2.27. The minimum absolute atomic E-state index is 0.126. The molecule has 1 saturated heterocycles. The van der Waals surface area contributed by atoms with Gasteiger partial charge in [0.1, 0.15) is 5.69 Å². The first-order chi connectivity index (χ1) is 9.88. The minimum atomic E-state index is -0.630. The summed E-state index contributed by atoms with van der Waals surface area (Å²) >= 11 is 0. The van der Waals surface area contributed by atoms with Gasteiger partial charge in [0.15, 0.2) is 0 Å². The highest BCUT2D eigenvalue weighted by Crippen LogP contribution is 2.31. The number of piperidine rings is 1. The van der Waals surface area contributed by atoms with E-state index in [1.165, 1.54) is 12.1 Å². The predicted octanol–water partition coefficient (Wildman–Crippen LogP) is 2.26. The Hall–Kier alpha value is -2.22. The standard InChI is InChI=1S/C13H18N4O4/c1-9-8-15(2)6-5-11(9)14-12-4-3-10(16(18)19)7-13(12)17(20)21/h3-4,7,9,11,14H,5-6,8H2,1-2H3. The van der Waals surface area contributed by atoms with Crippen molar-refractivity contribution in [3.8, 4) is 0 Å². The Morgan fingerprint density at radius 1 is 1.29 bits per heavy atom. The van der Waals surface area contributed by atoms with E-state index >= 15 is 0 Å². The summed E-state index contributed by atoms with van der Waals surface area (Å²) in [6.45, 7) is 3.92. The van der Waals surface area contributed by atoms with Crippen molar-refractivity contribution in [3.63, 3.8) is 0 Å². The number of likely N-dealkylation sites (tertiary alicyclic amines) is 1. The lowest BCUT2D eigenvalue weighted by molar-refractivity contribution is -0.393. The van der Waals surface area contributed by atoms with Crippen LogP contribution in [0.1, 0.15) is 13.3 Å².